The van der Waals surface area contributed by atoms with Crippen molar-refractivity contribution in [3.05, 3.63) is 65.7 Å². The van der Waals surface area contributed by atoms with Crippen LogP contribution in [0.1, 0.15) is 43.6 Å². The molecule has 0 aromatic heterocycles. The van der Waals surface area contributed by atoms with Gasteiger partial charge in [-0.25, -0.2) is 0 Å². The smallest absolute Gasteiger partial charge is 0.253 e. The second-order valence-corrected chi connectivity index (χ2v) is 7.41. The van der Waals surface area contributed by atoms with Gasteiger partial charge in [0.25, 0.3) is 5.91 Å². The number of nitrogens with one attached hydrogen (secondary N) is 1. The molecule has 2 aromatic carbocycles. The van der Waals surface area contributed by atoms with Crippen LogP contribution >= 0.6 is 0 Å². The fourth-order valence-corrected chi connectivity index (χ4v) is 2.54. The predicted molar refractivity (Wildman–Crippen MR) is 106 cm³/mol. The number of benzene rings is 2. The number of carbonyl (C=O) groups is 2. The molecule has 0 saturated carbocycles. The van der Waals surface area contributed by atoms with Crippen molar-refractivity contribution < 1.29 is 9.59 Å². The van der Waals surface area contributed by atoms with E-state index in [0.717, 1.165) is 6.42 Å². The van der Waals surface area contributed by atoms with Crippen molar-refractivity contribution in [1.29, 1.82) is 0 Å². The Bertz CT molecular complexity index is 748. The van der Waals surface area contributed by atoms with Crippen molar-refractivity contribution in [3.63, 3.8) is 0 Å². The van der Waals surface area contributed by atoms with E-state index in [2.05, 4.69) is 17.4 Å². The fraction of sp³-hybridized carbons (Fsp3) is 0.364. The summed E-state index contributed by atoms with van der Waals surface area (Å²) in [6.07, 6.45) is 0.820. The van der Waals surface area contributed by atoms with Crippen LogP contribution in [0, 0.1) is 5.41 Å². The molecular formula is C22H28N2O2. The van der Waals surface area contributed by atoms with Gasteiger partial charge in [0.05, 0.1) is 0 Å². The summed E-state index contributed by atoms with van der Waals surface area (Å²) in [7, 11) is 0. The van der Waals surface area contributed by atoms with Crippen LogP contribution in [0.2, 0.25) is 0 Å². The highest BCUT2D eigenvalue weighted by Gasteiger charge is 2.21. The molecule has 0 radical (unpaired) electrons. The first-order valence-corrected chi connectivity index (χ1v) is 9.06. The molecule has 4 heteroatoms. The summed E-state index contributed by atoms with van der Waals surface area (Å²) in [5.74, 6) is -0.0891. The van der Waals surface area contributed by atoms with Gasteiger partial charge in [0.15, 0.2) is 0 Å². The van der Waals surface area contributed by atoms with Crippen molar-refractivity contribution in [2.75, 3.05) is 18.4 Å². The van der Waals surface area contributed by atoms with Crippen LogP contribution in [0.15, 0.2) is 54.6 Å². The number of carbonyl (C=O) groups excluding carboxylic acids is 2. The lowest BCUT2D eigenvalue weighted by Gasteiger charge is -2.22. The third-order valence-corrected chi connectivity index (χ3v) is 4.23. The van der Waals surface area contributed by atoms with Crippen molar-refractivity contribution in [1.82, 2.24) is 4.90 Å². The average Bonchev–Trinajstić information content (AvgIpc) is 2.62. The normalized spacial score (nSPS) is 11.1. The first-order valence-electron chi connectivity index (χ1n) is 9.06. The highest BCUT2D eigenvalue weighted by molar-refractivity contribution is 5.98. The zero-order chi connectivity index (χ0) is 19.2. The van der Waals surface area contributed by atoms with Crippen molar-refractivity contribution >= 4 is 17.5 Å². The maximum Gasteiger partial charge on any atom is 0.253 e. The van der Waals surface area contributed by atoms with E-state index in [1.807, 2.05) is 50.8 Å². The third kappa shape index (κ3) is 5.45. The van der Waals surface area contributed by atoms with Crippen LogP contribution in [0.3, 0.4) is 0 Å². The molecule has 0 bridgehead atoms. The Kier molecular flexibility index (Phi) is 6.56. The summed E-state index contributed by atoms with van der Waals surface area (Å²) >= 11 is 0. The molecule has 0 fully saturated rings. The molecule has 4 nitrogen and oxygen atoms in total. The minimum atomic E-state index is -0.481. The quantitative estimate of drug-likeness (QED) is 0.839. The number of hydrogen-bond donors (Lipinski definition) is 1. The minimum absolute atomic E-state index is 0.0183. The second-order valence-electron chi connectivity index (χ2n) is 7.41. The molecule has 2 amide bonds. The molecule has 0 heterocycles. The summed E-state index contributed by atoms with van der Waals surface area (Å²) in [5, 5.41) is 2.88. The molecule has 0 unspecified atom stereocenters. The van der Waals surface area contributed by atoms with Crippen molar-refractivity contribution in [2.24, 2.45) is 5.41 Å². The summed E-state index contributed by atoms with van der Waals surface area (Å²) in [6.45, 7) is 8.87. The largest absolute Gasteiger partial charge is 0.339 e. The third-order valence-electron chi connectivity index (χ3n) is 4.23. The van der Waals surface area contributed by atoms with Gasteiger partial charge in [-0.1, -0.05) is 57.2 Å². The number of hydrogen-bond acceptors (Lipinski definition) is 2. The number of amides is 2. The first-order chi connectivity index (χ1) is 12.3. The van der Waals surface area contributed by atoms with E-state index in [1.165, 1.54) is 5.56 Å². The Morgan fingerprint density at radius 2 is 1.69 bits per heavy atom. The molecule has 0 atom stereocenters. The van der Waals surface area contributed by atoms with Crippen molar-refractivity contribution in [2.45, 2.75) is 34.1 Å². The van der Waals surface area contributed by atoms with Crippen LogP contribution in [0.5, 0.6) is 0 Å². The lowest BCUT2D eigenvalue weighted by atomic mass is 9.95. The number of anilines is 1. The lowest BCUT2D eigenvalue weighted by Crippen LogP contribution is -2.33. The van der Waals surface area contributed by atoms with Gasteiger partial charge in [-0.05, 0) is 37.1 Å². The molecule has 0 spiro atoms. The van der Waals surface area contributed by atoms with Gasteiger partial charge in [0.1, 0.15) is 0 Å². The van der Waals surface area contributed by atoms with Crippen molar-refractivity contribution in [3.8, 4) is 0 Å². The van der Waals surface area contributed by atoms with Gasteiger partial charge in [-0.3, -0.25) is 9.59 Å². The topological polar surface area (TPSA) is 49.4 Å². The molecule has 0 aliphatic rings. The number of likely N-dealkylation sites (N-methyl/N-ethyl adjacent to an activating group) is 1. The zero-order valence-electron chi connectivity index (χ0n) is 16.1. The minimum Gasteiger partial charge on any atom is -0.339 e. The van der Waals surface area contributed by atoms with Crippen LogP contribution < -0.4 is 5.32 Å². The van der Waals surface area contributed by atoms with Crippen LogP contribution in [-0.4, -0.2) is 29.8 Å². The molecule has 138 valence electrons. The number of rotatable bonds is 6. The van der Waals surface area contributed by atoms with E-state index < -0.39 is 5.41 Å². The van der Waals surface area contributed by atoms with Gasteiger partial charge in [-0.2, -0.15) is 0 Å². The SMILES string of the molecule is CCN(CCc1ccccc1)C(=O)c1cccc(NC(=O)C(C)(C)C)c1. The molecule has 26 heavy (non-hydrogen) atoms. The Morgan fingerprint density at radius 3 is 2.31 bits per heavy atom. The van der Waals surface area contributed by atoms with Crippen LogP contribution in [-0.2, 0) is 11.2 Å². The maximum absolute atomic E-state index is 12.8. The molecule has 0 saturated heterocycles. The van der Waals surface area contributed by atoms with E-state index in [9.17, 15) is 9.59 Å². The summed E-state index contributed by atoms with van der Waals surface area (Å²) in [6, 6.07) is 17.3. The Hall–Kier alpha value is -2.62. The highest BCUT2D eigenvalue weighted by Crippen LogP contribution is 2.19. The van der Waals surface area contributed by atoms with Gasteiger partial charge in [0.2, 0.25) is 5.91 Å². The Morgan fingerprint density at radius 1 is 1.00 bits per heavy atom. The maximum atomic E-state index is 12.8. The standard InChI is InChI=1S/C22H28N2O2/c1-5-24(15-14-17-10-7-6-8-11-17)20(25)18-12-9-13-19(16-18)23-21(26)22(2,3)4/h6-13,16H,5,14-15H2,1-4H3,(H,23,26). The summed E-state index contributed by atoms with van der Waals surface area (Å²) in [5.41, 5.74) is 1.97. The number of nitrogens with zero attached hydrogens (tertiary/aromatic N) is 1. The van der Waals surface area contributed by atoms with Gasteiger partial charge in [0, 0.05) is 29.8 Å². The average molecular weight is 352 g/mol. The molecule has 2 aromatic rings. The molecule has 2 rings (SSSR count). The van der Waals surface area contributed by atoms with E-state index in [1.54, 1.807) is 24.3 Å². The van der Waals surface area contributed by atoms with Gasteiger partial charge in [-0.15, -0.1) is 0 Å². The summed E-state index contributed by atoms with van der Waals surface area (Å²) in [4.78, 5) is 26.8. The Balaban J connectivity index is 2.07. The van der Waals surface area contributed by atoms with Gasteiger partial charge < -0.3 is 10.2 Å². The monoisotopic (exact) mass is 352 g/mol. The van der Waals surface area contributed by atoms with E-state index >= 15 is 0 Å². The highest BCUT2D eigenvalue weighted by atomic mass is 16.2. The molecule has 0 aliphatic carbocycles. The Labute approximate surface area is 156 Å². The molecular weight excluding hydrogens is 324 g/mol. The van der Waals surface area contributed by atoms with E-state index in [0.29, 0.717) is 24.3 Å². The van der Waals surface area contributed by atoms with E-state index in [4.69, 9.17) is 0 Å². The van der Waals surface area contributed by atoms with Gasteiger partial charge >= 0.3 is 0 Å². The second kappa shape index (κ2) is 8.65. The fourth-order valence-electron chi connectivity index (χ4n) is 2.54. The molecule has 1 N–H and O–H groups in total. The van der Waals surface area contributed by atoms with Crippen LogP contribution in [0.25, 0.3) is 0 Å². The first kappa shape index (κ1) is 19.7. The lowest BCUT2D eigenvalue weighted by molar-refractivity contribution is -0.123. The van der Waals surface area contributed by atoms with Crippen LogP contribution in [0.4, 0.5) is 5.69 Å². The summed E-state index contributed by atoms with van der Waals surface area (Å²) < 4.78 is 0. The van der Waals surface area contributed by atoms with E-state index in [-0.39, 0.29) is 11.8 Å². The molecule has 0 aliphatic heterocycles. The predicted octanol–water partition coefficient (Wildman–Crippen LogP) is 4.38. The zero-order valence-corrected chi connectivity index (χ0v) is 16.1.